The quantitative estimate of drug-likeness (QED) is 0.584. The number of nitrogens with zero attached hydrogens (tertiary/aromatic N) is 1. The van der Waals surface area contributed by atoms with Crippen molar-refractivity contribution >= 4 is 28.9 Å². The first-order valence-corrected chi connectivity index (χ1v) is 11.9. The van der Waals surface area contributed by atoms with Crippen molar-refractivity contribution in [2.45, 2.75) is 26.1 Å². The van der Waals surface area contributed by atoms with Crippen LogP contribution in [0.15, 0.2) is 72.3 Å². The van der Waals surface area contributed by atoms with Gasteiger partial charge in [-0.25, -0.2) is 4.67 Å². The summed E-state index contributed by atoms with van der Waals surface area (Å²) < 4.78 is 22.1. The number of thioether (sulfide) groups is 1. The largest absolute Gasteiger partial charge is 0.373 e. The maximum Gasteiger partial charge on any atom is 0.195 e. The molecule has 0 bridgehead atoms. The van der Waals surface area contributed by atoms with Gasteiger partial charge in [-0.05, 0) is 25.0 Å². The molecule has 0 amide bonds. The van der Waals surface area contributed by atoms with Crippen LogP contribution in [0.25, 0.3) is 9.81 Å². The summed E-state index contributed by atoms with van der Waals surface area (Å²) >= 11 is 1.70. The van der Waals surface area contributed by atoms with Crippen molar-refractivity contribution in [3.8, 4) is 0 Å². The van der Waals surface area contributed by atoms with Gasteiger partial charge in [-0.2, -0.15) is 0 Å². The summed E-state index contributed by atoms with van der Waals surface area (Å²) in [6.45, 7) is 5.47. The molecule has 0 N–H and O–H groups in total. The molecule has 140 valence electrons. The minimum Gasteiger partial charge on any atom is -0.373 e. The van der Waals surface area contributed by atoms with Crippen molar-refractivity contribution < 1.29 is 9.30 Å². The molecule has 0 aliphatic carbocycles. The maximum absolute atomic E-state index is 14.2. The Morgan fingerprint density at radius 2 is 1.30 bits per heavy atom. The lowest BCUT2D eigenvalue weighted by atomic mass is 10.2. The molecule has 2 heterocycles. The van der Waals surface area contributed by atoms with Crippen LogP contribution >= 0.6 is 19.1 Å². The molecule has 0 saturated carbocycles. The van der Waals surface area contributed by atoms with Gasteiger partial charge in [-0.15, -0.1) is 0 Å². The summed E-state index contributed by atoms with van der Waals surface area (Å²) in [6.07, 6.45) is 0.160. The molecule has 0 unspecified atom stereocenters. The third-order valence-corrected chi connectivity index (χ3v) is 8.75. The van der Waals surface area contributed by atoms with Crippen LogP contribution in [0.4, 0.5) is 0 Å². The molecule has 2 aromatic carbocycles. The van der Waals surface area contributed by atoms with Gasteiger partial charge in [0.15, 0.2) is 7.29 Å². The van der Waals surface area contributed by atoms with Crippen molar-refractivity contribution in [1.29, 1.82) is 0 Å². The highest BCUT2D eigenvalue weighted by Crippen LogP contribution is 2.63. The minimum atomic E-state index is -2.80. The summed E-state index contributed by atoms with van der Waals surface area (Å²) in [7, 11) is -2.80. The standard InChI is InChI=1S/C22H24NO2PS/c1-17-13-23(14-18(2)25-17)26(24)15-21(19-9-5-3-6-10-19)27-22(16-26)20-11-7-4-8-12-20/h3-12,15-18H,13-14H2,1-2H3/t17-,18-/m1/s1. The van der Waals surface area contributed by atoms with E-state index in [0.29, 0.717) is 13.1 Å². The number of rotatable bonds is 3. The Hall–Kier alpha value is -1.58. The molecule has 0 spiro atoms. The Morgan fingerprint density at radius 1 is 0.852 bits per heavy atom. The van der Waals surface area contributed by atoms with Gasteiger partial charge in [-0.3, -0.25) is 4.57 Å². The van der Waals surface area contributed by atoms with Crippen LogP contribution in [0.5, 0.6) is 0 Å². The van der Waals surface area contributed by atoms with Crippen LogP contribution in [0.2, 0.25) is 0 Å². The first kappa shape index (κ1) is 18.8. The number of hydrogen-bond donors (Lipinski definition) is 0. The molecule has 0 radical (unpaired) electrons. The smallest absolute Gasteiger partial charge is 0.195 e. The van der Waals surface area contributed by atoms with Gasteiger partial charge >= 0.3 is 0 Å². The van der Waals surface area contributed by atoms with Crippen LogP contribution in [-0.2, 0) is 9.30 Å². The highest BCUT2D eigenvalue weighted by atomic mass is 32.2. The van der Waals surface area contributed by atoms with E-state index in [1.54, 1.807) is 11.8 Å². The third-order valence-electron chi connectivity index (χ3n) is 4.78. The molecule has 5 heteroatoms. The molecule has 27 heavy (non-hydrogen) atoms. The van der Waals surface area contributed by atoms with Crippen LogP contribution in [-0.4, -0.2) is 30.0 Å². The van der Waals surface area contributed by atoms with Gasteiger partial charge in [-0.1, -0.05) is 72.4 Å². The number of benzene rings is 2. The predicted octanol–water partition coefficient (Wildman–Crippen LogP) is 6.12. The normalized spacial score (nSPS) is 25.6. The number of morpholine rings is 1. The van der Waals surface area contributed by atoms with Crippen molar-refractivity contribution in [2.75, 3.05) is 13.1 Å². The zero-order valence-electron chi connectivity index (χ0n) is 15.6. The van der Waals surface area contributed by atoms with Crippen molar-refractivity contribution in [3.05, 3.63) is 83.4 Å². The van der Waals surface area contributed by atoms with E-state index in [4.69, 9.17) is 4.74 Å². The van der Waals surface area contributed by atoms with Gasteiger partial charge in [0.2, 0.25) is 0 Å². The van der Waals surface area contributed by atoms with Gasteiger partial charge < -0.3 is 4.74 Å². The summed E-state index contributed by atoms with van der Waals surface area (Å²) in [5.74, 6) is 3.98. The Balaban J connectivity index is 1.78. The third kappa shape index (κ3) is 4.14. The van der Waals surface area contributed by atoms with E-state index in [1.807, 2.05) is 48.0 Å². The summed E-state index contributed by atoms with van der Waals surface area (Å²) in [6, 6.07) is 20.5. The second-order valence-corrected chi connectivity index (χ2v) is 10.6. The van der Waals surface area contributed by atoms with E-state index >= 15 is 0 Å². The SMILES string of the molecule is C[C@@H]1CN(P2(=O)C=C(c3ccccc3)SC(c3ccccc3)=C2)C[C@@H](C)O1. The van der Waals surface area contributed by atoms with Crippen molar-refractivity contribution in [1.82, 2.24) is 4.67 Å². The lowest BCUT2D eigenvalue weighted by Gasteiger charge is -2.39. The Kier molecular flexibility index (Phi) is 5.43. The first-order chi connectivity index (χ1) is 13.0. The second-order valence-electron chi connectivity index (χ2n) is 7.12. The molecule has 0 aromatic heterocycles. The fraction of sp³-hybridized carbons (Fsp3) is 0.273. The van der Waals surface area contributed by atoms with E-state index in [2.05, 4.69) is 42.8 Å². The Morgan fingerprint density at radius 3 is 1.74 bits per heavy atom. The average Bonchev–Trinajstić information content (AvgIpc) is 2.68. The molecular formula is C22H24NO2PS. The minimum absolute atomic E-state index is 0.0799. The summed E-state index contributed by atoms with van der Waals surface area (Å²) in [5, 5.41) is 0. The average molecular weight is 397 g/mol. The fourth-order valence-electron chi connectivity index (χ4n) is 3.59. The highest BCUT2D eigenvalue weighted by molar-refractivity contribution is 8.17. The van der Waals surface area contributed by atoms with Crippen molar-refractivity contribution in [2.24, 2.45) is 0 Å². The van der Waals surface area contributed by atoms with Crippen LogP contribution in [0.3, 0.4) is 0 Å². The van der Waals surface area contributed by atoms with E-state index < -0.39 is 7.29 Å². The van der Waals surface area contributed by atoms with Gasteiger partial charge in [0.25, 0.3) is 0 Å². The number of hydrogen-bond acceptors (Lipinski definition) is 3. The second kappa shape index (κ2) is 7.81. The molecular weight excluding hydrogens is 373 g/mol. The zero-order chi connectivity index (χ0) is 18.9. The van der Waals surface area contributed by atoms with Gasteiger partial charge in [0.05, 0.1) is 12.2 Å². The molecule has 2 aromatic rings. The van der Waals surface area contributed by atoms with E-state index in [0.717, 1.165) is 20.9 Å². The number of ether oxygens (including phenoxy) is 1. The topological polar surface area (TPSA) is 29.5 Å². The van der Waals surface area contributed by atoms with Crippen LogP contribution < -0.4 is 0 Å². The summed E-state index contributed by atoms with van der Waals surface area (Å²) in [4.78, 5) is 2.12. The monoisotopic (exact) mass is 397 g/mol. The summed E-state index contributed by atoms with van der Waals surface area (Å²) in [5.41, 5.74) is 2.22. The zero-order valence-corrected chi connectivity index (χ0v) is 17.3. The van der Waals surface area contributed by atoms with Crippen LogP contribution in [0.1, 0.15) is 25.0 Å². The molecule has 4 rings (SSSR count). The van der Waals surface area contributed by atoms with Crippen LogP contribution in [0, 0.1) is 0 Å². The van der Waals surface area contributed by atoms with E-state index in [9.17, 15) is 4.57 Å². The van der Waals surface area contributed by atoms with E-state index in [-0.39, 0.29) is 12.2 Å². The maximum atomic E-state index is 14.2. The van der Waals surface area contributed by atoms with E-state index in [1.165, 1.54) is 0 Å². The highest BCUT2D eigenvalue weighted by Gasteiger charge is 2.36. The Labute approximate surface area is 165 Å². The molecule has 2 atom stereocenters. The molecule has 3 nitrogen and oxygen atoms in total. The predicted molar refractivity (Wildman–Crippen MR) is 116 cm³/mol. The molecule has 2 aliphatic rings. The fourth-order valence-corrected chi connectivity index (χ4v) is 8.00. The lowest BCUT2D eigenvalue weighted by Crippen LogP contribution is -2.43. The van der Waals surface area contributed by atoms with Gasteiger partial charge in [0, 0.05) is 34.5 Å². The first-order valence-electron chi connectivity index (χ1n) is 9.28. The lowest BCUT2D eigenvalue weighted by molar-refractivity contribution is -0.0442. The molecule has 1 saturated heterocycles. The van der Waals surface area contributed by atoms with Crippen molar-refractivity contribution in [3.63, 3.8) is 0 Å². The molecule has 2 aliphatic heterocycles. The Bertz CT molecular complexity index is 841. The van der Waals surface area contributed by atoms with Gasteiger partial charge in [0.1, 0.15) is 0 Å². The molecule has 1 fully saturated rings.